The van der Waals surface area contributed by atoms with Gasteiger partial charge in [0.1, 0.15) is 0 Å². The molecule has 0 saturated carbocycles. The first-order valence-corrected chi connectivity index (χ1v) is 5.76. The van der Waals surface area contributed by atoms with Gasteiger partial charge in [0.05, 0.1) is 12.2 Å². The number of aromatic nitrogens is 1. The van der Waals surface area contributed by atoms with Crippen LogP contribution in [0.15, 0.2) is 18.3 Å². The van der Waals surface area contributed by atoms with Crippen LogP contribution in [0.2, 0.25) is 0 Å². The van der Waals surface area contributed by atoms with Crippen molar-refractivity contribution < 1.29 is 13.2 Å². The molecule has 0 bridgehead atoms. The fourth-order valence-corrected chi connectivity index (χ4v) is 1.65. The molecule has 0 fully saturated rings. The zero-order valence-corrected chi connectivity index (χ0v) is 10.6. The lowest BCUT2D eigenvalue weighted by Crippen LogP contribution is -2.37. The summed E-state index contributed by atoms with van der Waals surface area (Å²) in [7, 11) is 1.72. The van der Waals surface area contributed by atoms with Gasteiger partial charge in [-0.1, -0.05) is 0 Å². The molecular weight excluding hydrogens is 243 g/mol. The molecule has 0 aliphatic rings. The SMILES string of the molecule is CNCCN(Cc1cc(C)ccn1)CC(F)(F)F. The number of hydrogen-bond acceptors (Lipinski definition) is 3. The number of hydrogen-bond donors (Lipinski definition) is 1. The summed E-state index contributed by atoms with van der Waals surface area (Å²) >= 11 is 0. The maximum absolute atomic E-state index is 12.4. The highest BCUT2D eigenvalue weighted by Crippen LogP contribution is 2.17. The first kappa shape index (κ1) is 14.9. The average Bonchev–Trinajstić information content (AvgIpc) is 2.24. The number of nitrogens with zero attached hydrogens (tertiary/aromatic N) is 2. The van der Waals surface area contributed by atoms with Crippen molar-refractivity contribution in [2.45, 2.75) is 19.6 Å². The van der Waals surface area contributed by atoms with Crippen molar-refractivity contribution in [2.24, 2.45) is 0 Å². The summed E-state index contributed by atoms with van der Waals surface area (Å²) in [5, 5.41) is 2.85. The lowest BCUT2D eigenvalue weighted by atomic mass is 10.2. The largest absolute Gasteiger partial charge is 0.401 e. The molecule has 1 aromatic rings. The van der Waals surface area contributed by atoms with Crippen LogP contribution < -0.4 is 5.32 Å². The number of rotatable bonds is 6. The summed E-state index contributed by atoms with van der Waals surface area (Å²) in [5.74, 6) is 0. The van der Waals surface area contributed by atoms with E-state index in [1.54, 1.807) is 13.2 Å². The van der Waals surface area contributed by atoms with Gasteiger partial charge >= 0.3 is 6.18 Å². The molecule has 3 nitrogen and oxygen atoms in total. The van der Waals surface area contributed by atoms with Crippen LogP contribution in [0.5, 0.6) is 0 Å². The lowest BCUT2D eigenvalue weighted by Gasteiger charge is -2.23. The van der Waals surface area contributed by atoms with E-state index < -0.39 is 12.7 Å². The van der Waals surface area contributed by atoms with Crippen LogP contribution in [-0.2, 0) is 6.54 Å². The van der Waals surface area contributed by atoms with E-state index in [9.17, 15) is 13.2 Å². The van der Waals surface area contributed by atoms with E-state index in [-0.39, 0.29) is 6.54 Å². The number of halogens is 3. The summed E-state index contributed by atoms with van der Waals surface area (Å²) < 4.78 is 37.3. The zero-order chi connectivity index (χ0) is 13.6. The highest BCUT2D eigenvalue weighted by atomic mass is 19.4. The third-order valence-electron chi connectivity index (χ3n) is 2.44. The maximum Gasteiger partial charge on any atom is 0.401 e. The molecule has 1 aromatic heterocycles. The highest BCUT2D eigenvalue weighted by Gasteiger charge is 2.30. The van der Waals surface area contributed by atoms with Gasteiger partial charge < -0.3 is 5.32 Å². The maximum atomic E-state index is 12.4. The molecule has 0 saturated heterocycles. The van der Waals surface area contributed by atoms with Crippen molar-refractivity contribution >= 4 is 0 Å². The summed E-state index contributed by atoms with van der Waals surface area (Å²) in [6.07, 6.45) is -2.56. The van der Waals surface area contributed by atoms with Crippen molar-refractivity contribution in [1.82, 2.24) is 15.2 Å². The third-order valence-corrected chi connectivity index (χ3v) is 2.44. The van der Waals surface area contributed by atoms with Crippen LogP contribution in [-0.4, -0.2) is 42.7 Å². The number of pyridine rings is 1. The Hall–Kier alpha value is -1.14. The molecule has 18 heavy (non-hydrogen) atoms. The Morgan fingerprint density at radius 1 is 1.39 bits per heavy atom. The van der Waals surface area contributed by atoms with Gasteiger partial charge in [-0.15, -0.1) is 0 Å². The zero-order valence-electron chi connectivity index (χ0n) is 10.6. The van der Waals surface area contributed by atoms with Crippen molar-refractivity contribution in [3.8, 4) is 0 Å². The van der Waals surface area contributed by atoms with Crippen molar-refractivity contribution in [3.63, 3.8) is 0 Å². The van der Waals surface area contributed by atoms with Gasteiger partial charge in [0, 0.05) is 25.8 Å². The normalized spacial score (nSPS) is 12.1. The molecule has 0 amide bonds. The summed E-state index contributed by atoms with van der Waals surface area (Å²) in [4.78, 5) is 5.43. The van der Waals surface area contributed by atoms with E-state index in [0.717, 1.165) is 5.56 Å². The highest BCUT2D eigenvalue weighted by molar-refractivity contribution is 5.14. The van der Waals surface area contributed by atoms with Gasteiger partial charge in [-0.25, -0.2) is 0 Å². The molecule has 0 aliphatic heterocycles. The lowest BCUT2D eigenvalue weighted by molar-refractivity contribution is -0.147. The van der Waals surface area contributed by atoms with Crippen molar-refractivity contribution in [2.75, 3.05) is 26.7 Å². The Morgan fingerprint density at radius 2 is 2.11 bits per heavy atom. The predicted molar refractivity (Wildman–Crippen MR) is 64.2 cm³/mol. The summed E-state index contributed by atoms with van der Waals surface area (Å²) in [6, 6.07) is 3.63. The number of likely N-dealkylation sites (N-methyl/N-ethyl adjacent to an activating group) is 1. The van der Waals surface area contributed by atoms with Crippen LogP contribution in [0.25, 0.3) is 0 Å². The average molecular weight is 261 g/mol. The van der Waals surface area contributed by atoms with Crippen LogP contribution in [0.4, 0.5) is 13.2 Å². The Labute approximate surface area is 105 Å². The Bertz CT molecular complexity index is 366. The smallest absolute Gasteiger partial charge is 0.318 e. The minimum absolute atomic E-state index is 0.211. The van der Waals surface area contributed by atoms with E-state index in [2.05, 4.69) is 10.3 Å². The second-order valence-corrected chi connectivity index (χ2v) is 4.25. The second kappa shape index (κ2) is 6.70. The number of nitrogens with one attached hydrogen (secondary N) is 1. The minimum atomic E-state index is -4.18. The van der Waals surface area contributed by atoms with E-state index in [0.29, 0.717) is 18.8 Å². The van der Waals surface area contributed by atoms with E-state index in [1.807, 2.05) is 19.1 Å². The van der Waals surface area contributed by atoms with Gasteiger partial charge in [0.15, 0.2) is 0 Å². The molecular formula is C12H18F3N3. The third kappa shape index (κ3) is 5.97. The molecule has 0 spiro atoms. The van der Waals surface area contributed by atoms with Crippen molar-refractivity contribution in [3.05, 3.63) is 29.6 Å². The van der Waals surface area contributed by atoms with Gasteiger partial charge in [-0.05, 0) is 31.7 Å². The standard InChI is InChI=1S/C12H18F3N3/c1-10-3-4-17-11(7-10)8-18(6-5-16-2)9-12(13,14)15/h3-4,7,16H,5-6,8-9H2,1-2H3. The van der Waals surface area contributed by atoms with Crippen LogP contribution in [0.3, 0.4) is 0 Å². The molecule has 0 atom stereocenters. The van der Waals surface area contributed by atoms with Crippen LogP contribution in [0.1, 0.15) is 11.3 Å². The minimum Gasteiger partial charge on any atom is -0.318 e. The van der Waals surface area contributed by atoms with E-state index in [1.165, 1.54) is 4.90 Å². The first-order chi connectivity index (χ1) is 8.40. The topological polar surface area (TPSA) is 28.2 Å². The first-order valence-electron chi connectivity index (χ1n) is 5.76. The quantitative estimate of drug-likeness (QED) is 0.848. The molecule has 1 N–H and O–H groups in total. The molecule has 1 rings (SSSR count). The number of aryl methyl sites for hydroxylation is 1. The molecule has 0 aliphatic carbocycles. The second-order valence-electron chi connectivity index (χ2n) is 4.25. The Balaban J connectivity index is 2.65. The van der Waals surface area contributed by atoms with Crippen LogP contribution in [0, 0.1) is 6.92 Å². The molecule has 1 heterocycles. The molecule has 6 heteroatoms. The predicted octanol–water partition coefficient (Wildman–Crippen LogP) is 1.97. The summed E-state index contributed by atoms with van der Waals surface area (Å²) in [5.41, 5.74) is 1.66. The van der Waals surface area contributed by atoms with E-state index in [4.69, 9.17) is 0 Å². The van der Waals surface area contributed by atoms with Gasteiger partial charge in [-0.3, -0.25) is 9.88 Å². The monoisotopic (exact) mass is 261 g/mol. The van der Waals surface area contributed by atoms with Gasteiger partial charge in [0.25, 0.3) is 0 Å². The van der Waals surface area contributed by atoms with Crippen molar-refractivity contribution in [1.29, 1.82) is 0 Å². The van der Waals surface area contributed by atoms with Crippen LogP contribution >= 0.6 is 0 Å². The molecule has 0 radical (unpaired) electrons. The Morgan fingerprint density at radius 3 is 2.67 bits per heavy atom. The Kier molecular flexibility index (Phi) is 5.55. The fraction of sp³-hybridized carbons (Fsp3) is 0.583. The van der Waals surface area contributed by atoms with E-state index >= 15 is 0 Å². The molecule has 0 unspecified atom stereocenters. The fourth-order valence-electron chi connectivity index (χ4n) is 1.65. The molecule has 0 aromatic carbocycles. The summed E-state index contributed by atoms with van der Waals surface area (Å²) in [6.45, 7) is 2.05. The van der Waals surface area contributed by atoms with Gasteiger partial charge in [0.2, 0.25) is 0 Å². The molecule has 102 valence electrons. The van der Waals surface area contributed by atoms with Gasteiger partial charge in [-0.2, -0.15) is 13.2 Å². The number of alkyl halides is 3.